The SMILES string of the molecule is Cc1ccc(OC(F)F)c(NC(=S)Nc2cnn(C)c2C)c1. The Bertz CT molecular complexity index is 687. The summed E-state index contributed by atoms with van der Waals surface area (Å²) in [5.74, 6) is 0.0349. The molecule has 1 heterocycles. The number of benzene rings is 1. The average Bonchev–Trinajstić information content (AvgIpc) is 2.73. The first-order valence-electron chi connectivity index (χ1n) is 6.49. The smallest absolute Gasteiger partial charge is 0.387 e. The summed E-state index contributed by atoms with van der Waals surface area (Å²) < 4.78 is 31.0. The van der Waals surface area contributed by atoms with E-state index in [1.54, 1.807) is 23.0 Å². The van der Waals surface area contributed by atoms with Gasteiger partial charge in [-0.1, -0.05) is 6.07 Å². The molecule has 5 nitrogen and oxygen atoms in total. The van der Waals surface area contributed by atoms with E-state index in [1.165, 1.54) is 6.07 Å². The van der Waals surface area contributed by atoms with Gasteiger partial charge in [0, 0.05) is 7.05 Å². The van der Waals surface area contributed by atoms with Crippen molar-refractivity contribution in [2.45, 2.75) is 20.5 Å². The lowest BCUT2D eigenvalue weighted by Gasteiger charge is -2.15. The Kier molecular flexibility index (Phi) is 4.92. The fourth-order valence-electron chi connectivity index (χ4n) is 1.84. The van der Waals surface area contributed by atoms with Crippen molar-refractivity contribution in [2.24, 2.45) is 7.05 Å². The molecule has 2 N–H and O–H groups in total. The minimum absolute atomic E-state index is 0.0349. The second-order valence-electron chi connectivity index (χ2n) is 4.72. The third-order valence-corrected chi connectivity index (χ3v) is 3.29. The van der Waals surface area contributed by atoms with E-state index in [0.29, 0.717) is 5.69 Å². The van der Waals surface area contributed by atoms with Crippen molar-refractivity contribution in [3.8, 4) is 5.75 Å². The quantitative estimate of drug-likeness (QED) is 0.843. The van der Waals surface area contributed by atoms with Gasteiger partial charge in [0.25, 0.3) is 0 Å². The Hall–Kier alpha value is -2.22. The molecule has 0 radical (unpaired) electrons. The molecule has 0 bridgehead atoms. The largest absolute Gasteiger partial charge is 0.433 e. The number of halogens is 2. The molecule has 22 heavy (non-hydrogen) atoms. The molecule has 0 amide bonds. The molecule has 0 spiro atoms. The predicted octanol–water partition coefficient (Wildman–Crippen LogP) is 3.45. The van der Waals surface area contributed by atoms with Gasteiger partial charge in [-0.2, -0.15) is 13.9 Å². The summed E-state index contributed by atoms with van der Waals surface area (Å²) in [6.07, 6.45) is 1.64. The zero-order valence-electron chi connectivity index (χ0n) is 12.4. The van der Waals surface area contributed by atoms with E-state index in [0.717, 1.165) is 16.9 Å². The lowest BCUT2D eigenvalue weighted by Crippen LogP contribution is -2.20. The van der Waals surface area contributed by atoms with Crippen molar-refractivity contribution >= 4 is 28.7 Å². The number of ether oxygens (including phenoxy) is 1. The monoisotopic (exact) mass is 326 g/mol. The van der Waals surface area contributed by atoms with Crippen LogP contribution in [0.3, 0.4) is 0 Å². The highest BCUT2D eigenvalue weighted by atomic mass is 32.1. The van der Waals surface area contributed by atoms with E-state index in [-0.39, 0.29) is 10.9 Å². The molecule has 0 atom stereocenters. The van der Waals surface area contributed by atoms with Gasteiger partial charge in [0.05, 0.1) is 23.3 Å². The normalized spacial score (nSPS) is 10.6. The minimum Gasteiger partial charge on any atom is -0.433 e. The van der Waals surface area contributed by atoms with E-state index in [2.05, 4.69) is 20.5 Å². The van der Waals surface area contributed by atoms with Gasteiger partial charge >= 0.3 is 6.61 Å². The minimum atomic E-state index is -2.90. The van der Waals surface area contributed by atoms with Gasteiger partial charge in [-0.05, 0) is 43.8 Å². The zero-order chi connectivity index (χ0) is 16.3. The average molecular weight is 326 g/mol. The highest BCUT2D eigenvalue weighted by Gasteiger charge is 2.12. The number of aromatic nitrogens is 2. The number of hydrogen-bond donors (Lipinski definition) is 2. The summed E-state index contributed by atoms with van der Waals surface area (Å²) in [5, 5.41) is 10.2. The summed E-state index contributed by atoms with van der Waals surface area (Å²) in [7, 11) is 1.81. The molecular weight excluding hydrogens is 310 g/mol. The van der Waals surface area contributed by atoms with E-state index < -0.39 is 6.61 Å². The topological polar surface area (TPSA) is 51.1 Å². The molecule has 0 aliphatic rings. The molecule has 0 aliphatic carbocycles. The second kappa shape index (κ2) is 6.69. The van der Waals surface area contributed by atoms with E-state index >= 15 is 0 Å². The van der Waals surface area contributed by atoms with Gasteiger partial charge in [-0.25, -0.2) is 0 Å². The van der Waals surface area contributed by atoms with Crippen LogP contribution >= 0.6 is 12.2 Å². The maximum Gasteiger partial charge on any atom is 0.387 e. The van der Waals surface area contributed by atoms with Crippen LogP contribution in [-0.2, 0) is 7.05 Å². The van der Waals surface area contributed by atoms with Crippen LogP contribution in [0.25, 0.3) is 0 Å². The molecule has 1 aromatic carbocycles. The number of thiocarbonyl (C=S) groups is 1. The summed E-state index contributed by atoms with van der Waals surface area (Å²) in [6, 6.07) is 4.84. The van der Waals surface area contributed by atoms with E-state index in [4.69, 9.17) is 12.2 Å². The number of rotatable bonds is 4. The van der Waals surface area contributed by atoms with Crippen LogP contribution < -0.4 is 15.4 Å². The lowest BCUT2D eigenvalue weighted by atomic mass is 10.2. The Morgan fingerprint density at radius 1 is 1.27 bits per heavy atom. The van der Waals surface area contributed by atoms with Gasteiger partial charge in [0.2, 0.25) is 0 Å². The van der Waals surface area contributed by atoms with E-state index in [1.807, 2.05) is 20.9 Å². The molecule has 8 heteroatoms. The third kappa shape index (κ3) is 3.91. The van der Waals surface area contributed by atoms with Crippen LogP contribution in [0.4, 0.5) is 20.2 Å². The van der Waals surface area contributed by atoms with Crippen molar-refractivity contribution in [1.29, 1.82) is 0 Å². The summed E-state index contributed by atoms with van der Waals surface area (Å²) in [4.78, 5) is 0. The molecule has 0 unspecified atom stereocenters. The van der Waals surface area contributed by atoms with Crippen LogP contribution in [0.5, 0.6) is 5.75 Å². The molecule has 0 fully saturated rings. The Morgan fingerprint density at radius 2 is 1.95 bits per heavy atom. The first-order chi connectivity index (χ1) is 10.4. The Labute approximate surface area is 132 Å². The Balaban J connectivity index is 2.14. The van der Waals surface area contributed by atoms with Crippen LogP contribution in [-0.4, -0.2) is 21.5 Å². The maximum absolute atomic E-state index is 12.4. The standard InChI is InChI=1S/C14H16F2N4OS/c1-8-4-5-12(21-13(15)16)10(6-8)18-14(22)19-11-7-17-20(3)9(11)2/h4-7,13H,1-3H3,(H2,18,19,22). The first kappa shape index (κ1) is 16.2. The predicted molar refractivity (Wildman–Crippen MR) is 85.6 cm³/mol. The molecular formula is C14H16F2N4OS. The molecule has 0 saturated heterocycles. The van der Waals surface area contributed by atoms with Gasteiger partial charge in [-0.3, -0.25) is 4.68 Å². The highest BCUT2D eigenvalue weighted by molar-refractivity contribution is 7.80. The number of alkyl halides is 2. The number of hydrogen-bond acceptors (Lipinski definition) is 3. The van der Waals surface area contributed by atoms with Gasteiger partial charge < -0.3 is 15.4 Å². The van der Waals surface area contributed by atoms with Crippen molar-refractivity contribution in [2.75, 3.05) is 10.6 Å². The Morgan fingerprint density at radius 3 is 2.55 bits per heavy atom. The van der Waals surface area contributed by atoms with E-state index in [9.17, 15) is 8.78 Å². The molecule has 1 aromatic heterocycles. The van der Waals surface area contributed by atoms with Crippen molar-refractivity contribution in [3.05, 3.63) is 35.7 Å². The molecule has 2 aromatic rings. The fourth-order valence-corrected chi connectivity index (χ4v) is 2.06. The summed E-state index contributed by atoms with van der Waals surface area (Å²) in [6.45, 7) is 0.833. The summed E-state index contributed by atoms with van der Waals surface area (Å²) >= 11 is 5.20. The second-order valence-corrected chi connectivity index (χ2v) is 5.13. The number of nitrogens with zero attached hydrogens (tertiary/aromatic N) is 2. The number of aryl methyl sites for hydroxylation is 2. The zero-order valence-corrected chi connectivity index (χ0v) is 13.2. The molecule has 0 aliphatic heterocycles. The first-order valence-corrected chi connectivity index (χ1v) is 6.89. The van der Waals surface area contributed by atoms with Crippen LogP contribution in [0.2, 0.25) is 0 Å². The number of anilines is 2. The van der Waals surface area contributed by atoms with Crippen LogP contribution in [0.15, 0.2) is 24.4 Å². The van der Waals surface area contributed by atoms with Crippen LogP contribution in [0, 0.1) is 13.8 Å². The molecule has 118 valence electrons. The van der Waals surface area contributed by atoms with Crippen molar-refractivity contribution in [3.63, 3.8) is 0 Å². The highest BCUT2D eigenvalue weighted by Crippen LogP contribution is 2.27. The fraction of sp³-hybridized carbons (Fsp3) is 0.286. The van der Waals surface area contributed by atoms with Gasteiger partial charge in [0.1, 0.15) is 5.75 Å². The van der Waals surface area contributed by atoms with Crippen molar-refractivity contribution in [1.82, 2.24) is 9.78 Å². The van der Waals surface area contributed by atoms with Gasteiger partial charge in [-0.15, -0.1) is 0 Å². The molecule has 0 saturated carbocycles. The number of nitrogens with one attached hydrogen (secondary N) is 2. The van der Waals surface area contributed by atoms with Crippen molar-refractivity contribution < 1.29 is 13.5 Å². The van der Waals surface area contributed by atoms with Gasteiger partial charge in [0.15, 0.2) is 5.11 Å². The molecule has 2 rings (SSSR count). The third-order valence-electron chi connectivity index (χ3n) is 3.08. The lowest BCUT2D eigenvalue weighted by molar-refractivity contribution is -0.0493. The maximum atomic E-state index is 12.4. The van der Waals surface area contributed by atoms with Crippen LogP contribution in [0.1, 0.15) is 11.3 Å². The summed E-state index contributed by atoms with van der Waals surface area (Å²) in [5.41, 5.74) is 2.91.